The Kier molecular flexibility index (Phi) is 5.73. The summed E-state index contributed by atoms with van der Waals surface area (Å²) in [4.78, 5) is 11.9. The van der Waals surface area contributed by atoms with Gasteiger partial charge in [-0.2, -0.15) is 5.11 Å². The predicted octanol–water partition coefficient (Wildman–Crippen LogP) is 4.42. The fraction of sp³-hybridized carbons (Fsp3) is 0.133. The van der Waals surface area contributed by atoms with E-state index in [1.54, 1.807) is 24.3 Å². The van der Waals surface area contributed by atoms with Crippen LogP contribution >= 0.6 is 31.9 Å². The molecular formula is C15H12Br2N2O4. The maximum atomic E-state index is 11.9. The molecule has 1 amide bonds. The summed E-state index contributed by atoms with van der Waals surface area (Å²) >= 11 is 6.23. The van der Waals surface area contributed by atoms with Gasteiger partial charge in [0.05, 0.1) is 18.1 Å². The number of carbonyl (C=O) groups is 1. The van der Waals surface area contributed by atoms with Crippen molar-refractivity contribution in [2.75, 3.05) is 7.11 Å². The van der Waals surface area contributed by atoms with Crippen LogP contribution in [0.1, 0.15) is 15.9 Å². The number of hydrogen-bond donors (Lipinski definition) is 2. The van der Waals surface area contributed by atoms with Crippen molar-refractivity contribution in [3.05, 3.63) is 50.4 Å². The second kappa shape index (κ2) is 7.56. The minimum absolute atomic E-state index is 0.00872. The third kappa shape index (κ3) is 4.08. The number of methoxy groups -OCH3 is 1. The first-order chi connectivity index (χ1) is 10.9. The maximum Gasteiger partial charge on any atom is 0.295 e. The van der Waals surface area contributed by atoms with Crippen LogP contribution in [0.25, 0.3) is 0 Å². The maximum absolute atomic E-state index is 11.9. The number of nitrogens with zero attached hydrogens (tertiary/aromatic N) is 2. The van der Waals surface area contributed by atoms with E-state index in [1.165, 1.54) is 13.2 Å². The highest BCUT2D eigenvalue weighted by atomic mass is 79.9. The molecule has 0 aliphatic rings. The molecule has 0 saturated carbocycles. The van der Waals surface area contributed by atoms with E-state index in [2.05, 4.69) is 42.1 Å². The Bertz CT molecular complexity index is 761. The monoisotopic (exact) mass is 442 g/mol. The number of hydrogen-bond acceptors (Lipinski definition) is 5. The number of rotatable bonds is 4. The van der Waals surface area contributed by atoms with E-state index < -0.39 is 5.91 Å². The zero-order valence-electron chi connectivity index (χ0n) is 12.0. The van der Waals surface area contributed by atoms with Gasteiger partial charge in [0.15, 0.2) is 0 Å². The second-order valence-corrected chi connectivity index (χ2v) is 6.11. The van der Waals surface area contributed by atoms with Gasteiger partial charge in [0.1, 0.15) is 21.7 Å². The summed E-state index contributed by atoms with van der Waals surface area (Å²) in [6, 6.07) is 7.99. The minimum Gasteiger partial charge on any atom is -0.506 e. The third-order valence-electron chi connectivity index (χ3n) is 2.99. The highest BCUT2D eigenvalue weighted by molar-refractivity contribution is 9.11. The first kappa shape index (κ1) is 17.4. The molecule has 0 unspecified atom stereocenters. The standard InChI is InChI=1S/C15H12Br2N2O4/c1-23-10-4-2-8(3-5-10)15(22)19-18-7-9-6-11(16)14(21)12(17)13(9)20/h2-6,20-21H,7H2,1H3. The van der Waals surface area contributed by atoms with Crippen molar-refractivity contribution in [1.29, 1.82) is 0 Å². The fourth-order valence-corrected chi connectivity index (χ4v) is 2.94. The van der Waals surface area contributed by atoms with Crippen LogP contribution < -0.4 is 4.74 Å². The molecule has 0 spiro atoms. The van der Waals surface area contributed by atoms with Gasteiger partial charge in [0.25, 0.3) is 5.91 Å². The minimum atomic E-state index is -0.496. The molecule has 2 N–H and O–H groups in total. The number of benzene rings is 2. The number of phenols is 2. The van der Waals surface area contributed by atoms with Crippen molar-refractivity contribution in [3.63, 3.8) is 0 Å². The van der Waals surface area contributed by atoms with Crippen LogP contribution in [0.2, 0.25) is 0 Å². The highest BCUT2D eigenvalue weighted by Gasteiger charge is 2.14. The van der Waals surface area contributed by atoms with Crippen molar-refractivity contribution >= 4 is 37.8 Å². The van der Waals surface area contributed by atoms with Gasteiger partial charge >= 0.3 is 0 Å². The van der Waals surface area contributed by atoms with E-state index in [-0.39, 0.29) is 22.5 Å². The molecule has 6 nitrogen and oxygen atoms in total. The number of ether oxygens (including phenoxy) is 1. The Morgan fingerprint density at radius 3 is 2.43 bits per heavy atom. The van der Waals surface area contributed by atoms with Gasteiger partial charge in [-0.05, 0) is 62.2 Å². The van der Waals surface area contributed by atoms with Crippen LogP contribution in [0.3, 0.4) is 0 Å². The molecule has 0 heterocycles. The van der Waals surface area contributed by atoms with Gasteiger partial charge < -0.3 is 14.9 Å². The number of aromatic hydroxyl groups is 2. The summed E-state index contributed by atoms with van der Waals surface area (Å²) in [6.07, 6.45) is 0. The van der Waals surface area contributed by atoms with Gasteiger partial charge in [0.2, 0.25) is 0 Å². The molecule has 0 aliphatic carbocycles. The lowest BCUT2D eigenvalue weighted by Gasteiger charge is -2.07. The van der Waals surface area contributed by atoms with Crippen molar-refractivity contribution in [1.82, 2.24) is 0 Å². The smallest absolute Gasteiger partial charge is 0.295 e. The largest absolute Gasteiger partial charge is 0.506 e. The summed E-state index contributed by atoms with van der Waals surface area (Å²) in [5.41, 5.74) is 0.791. The average molecular weight is 444 g/mol. The molecule has 0 bridgehead atoms. The molecule has 120 valence electrons. The normalized spacial score (nSPS) is 10.9. The van der Waals surface area contributed by atoms with E-state index in [0.29, 0.717) is 21.3 Å². The molecule has 0 radical (unpaired) electrons. The summed E-state index contributed by atoms with van der Waals surface area (Å²) in [6.45, 7) is -0.00872. The molecule has 23 heavy (non-hydrogen) atoms. The predicted molar refractivity (Wildman–Crippen MR) is 91.1 cm³/mol. The van der Waals surface area contributed by atoms with Crippen LogP contribution in [-0.2, 0) is 6.54 Å². The molecular weight excluding hydrogens is 432 g/mol. The second-order valence-electron chi connectivity index (χ2n) is 4.46. The van der Waals surface area contributed by atoms with E-state index >= 15 is 0 Å². The van der Waals surface area contributed by atoms with E-state index in [9.17, 15) is 15.0 Å². The number of halogens is 2. The fourth-order valence-electron chi connectivity index (χ4n) is 1.74. The molecule has 0 saturated heterocycles. The average Bonchev–Trinajstić information content (AvgIpc) is 2.57. The van der Waals surface area contributed by atoms with Crippen molar-refractivity contribution in [3.8, 4) is 17.2 Å². The molecule has 0 atom stereocenters. The zero-order chi connectivity index (χ0) is 17.0. The number of amides is 1. The lowest BCUT2D eigenvalue weighted by molar-refractivity contribution is 0.0993. The number of phenolic OH excluding ortho intramolecular Hbond substituents is 2. The van der Waals surface area contributed by atoms with Crippen molar-refractivity contribution < 1.29 is 19.7 Å². The lowest BCUT2D eigenvalue weighted by Crippen LogP contribution is -1.94. The molecule has 0 aromatic heterocycles. The molecule has 0 aliphatic heterocycles. The van der Waals surface area contributed by atoms with E-state index in [4.69, 9.17) is 4.74 Å². The summed E-state index contributed by atoms with van der Waals surface area (Å²) in [5, 5.41) is 27.0. The first-order valence-corrected chi connectivity index (χ1v) is 7.97. The topological polar surface area (TPSA) is 91.5 Å². The van der Waals surface area contributed by atoms with Crippen LogP contribution in [-0.4, -0.2) is 23.2 Å². The van der Waals surface area contributed by atoms with Gasteiger partial charge in [-0.3, -0.25) is 4.79 Å². The van der Waals surface area contributed by atoms with Crippen LogP contribution in [0.5, 0.6) is 17.2 Å². The first-order valence-electron chi connectivity index (χ1n) is 6.38. The summed E-state index contributed by atoms with van der Waals surface area (Å²) in [5.74, 6) is -0.120. The number of carbonyl (C=O) groups excluding carboxylic acids is 1. The molecule has 0 fully saturated rings. The molecule has 2 rings (SSSR count). The van der Waals surface area contributed by atoms with E-state index in [0.717, 1.165) is 0 Å². The van der Waals surface area contributed by atoms with Gasteiger partial charge in [-0.15, -0.1) is 5.11 Å². The Morgan fingerprint density at radius 2 is 1.83 bits per heavy atom. The van der Waals surface area contributed by atoms with Gasteiger partial charge in [0, 0.05) is 11.1 Å². The lowest BCUT2D eigenvalue weighted by atomic mass is 10.2. The highest BCUT2D eigenvalue weighted by Crippen LogP contribution is 2.41. The van der Waals surface area contributed by atoms with Crippen LogP contribution in [0.4, 0.5) is 0 Å². The molecule has 2 aromatic rings. The Morgan fingerprint density at radius 1 is 1.17 bits per heavy atom. The number of azo groups is 1. The SMILES string of the molecule is COc1ccc(C(=O)N=NCc2cc(Br)c(O)c(Br)c2O)cc1. The zero-order valence-corrected chi connectivity index (χ0v) is 15.1. The van der Waals surface area contributed by atoms with Crippen molar-refractivity contribution in [2.45, 2.75) is 6.54 Å². The third-order valence-corrected chi connectivity index (χ3v) is 4.34. The van der Waals surface area contributed by atoms with Crippen molar-refractivity contribution in [2.24, 2.45) is 10.2 Å². The van der Waals surface area contributed by atoms with Crippen LogP contribution in [0.15, 0.2) is 49.5 Å². The summed E-state index contributed by atoms with van der Waals surface area (Å²) in [7, 11) is 1.54. The quantitative estimate of drug-likeness (QED) is 0.684. The van der Waals surface area contributed by atoms with Crippen LogP contribution in [0, 0.1) is 0 Å². The Labute approximate surface area is 149 Å². The molecule has 2 aromatic carbocycles. The Balaban J connectivity index is 2.11. The van der Waals surface area contributed by atoms with Gasteiger partial charge in [-0.25, -0.2) is 0 Å². The molecule has 8 heteroatoms. The van der Waals surface area contributed by atoms with Gasteiger partial charge in [-0.1, -0.05) is 0 Å². The van der Waals surface area contributed by atoms with E-state index in [1.807, 2.05) is 0 Å². The summed E-state index contributed by atoms with van der Waals surface area (Å²) < 4.78 is 5.56. The Hall–Kier alpha value is -1.93.